The minimum Gasteiger partial charge on any atom is -0.223 e. The number of benzene rings is 2. The van der Waals surface area contributed by atoms with Crippen molar-refractivity contribution < 1.29 is 16.8 Å². The molecule has 3 aliphatic rings. The number of sulfone groups is 2. The maximum absolute atomic E-state index is 13.4. The van der Waals surface area contributed by atoms with Gasteiger partial charge in [0.15, 0.2) is 19.7 Å². The van der Waals surface area contributed by atoms with Crippen LogP contribution < -0.4 is 0 Å². The molecule has 2 aromatic carbocycles. The lowest BCUT2D eigenvalue weighted by atomic mass is 9.75. The number of hydrogen-bond acceptors (Lipinski definition) is 4. The monoisotopic (exact) mass is 388 g/mol. The summed E-state index contributed by atoms with van der Waals surface area (Å²) in [6.07, 6.45) is 5.21. The molecule has 4 nitrogen and oxygen atoms in total. The summed E-state index contributed by atoms with van der Waals surface area (Å²) in [5.41, 5.74) is 0. The molecule has 26 heavy (non-hydrogen) atoms. The van der Waals surface area contributed by atoms with Crippen molar-refractivity contribution in [3.8, 4) is 0 Å². The molecule has 0 unspecified atom stereocenters. The molecule has 0 aromatic heterocycles. The fourth-order valence-corrected chi connectivity index (χ4v) is 9.31. The van der Waals surface area contributed by atoms with Crippen LogP contribution in [0.3, 0.4) is 0 Å². The third-order valence-corrected chi connectivity index (χ3v) is 10.2. The van der Waals surface area contributed by atoms with Crippen molar-refractivity contribution in [2.75, 3.05) is 0 Å². The number of rotatable bonds is 4. The predicted octanol–water partition coefficient (Wildman–Crippen LogP) is 3.27. The highest BCUT2D eigenvalue weighted by Crippen LogP contribution is 2.46. The van der Waals surface area contributed by atoms with E-state index in [1.54, 1.807) is 60.7 Å². The van der Waals surface area contributed by atoms with Crippen LogP contribution in [0.25, 0.3) is 0 Å². The van der Waals surface area contributed by atoms with Crippen LogP contribution in [0, 0.1) is 11.8 Å². The van der Waals surface area contributed by atoms with Gasteiger partial charge in [-0.15, -0.1) is 0 Å². The zero-order chi connectivity index (χ0) is 18.4. The Morgan fingerprint density at radius 3 is 1.23 bits per heavy atom. The van der Waals surface area contributed by atoms with Gasteiger partial charge >= 0.3 is 0 Å². The van der Waals surface area contributed by atoms with E-state index in [4.69, 9.17) is 0 Å². The van der Waals surface area contributed by atoms with E-state index in [0.717, 1.165) is 0 Å². The Kier molecular flexibility index (Phi) is 4.28. The summed E-state index contributed by atoms with van der Waals surface area (Å²) in [6.45, 7) is 0. The molecule has 6 heteroatoms. The fourth-order valence-electron chi connectivity index (χ4n) is 4.25. The van der Waals surface area contributed by atoms with Crippen LogP contribution in [0.5, 0.6) is 0 Å². The molecule has 0 aliphatic heterocycles. The lowest BCUT2D eigenvalue weighted by molar-refractivity contribution is 0.328. The molecule has 2 bridgehead atoms. The van der Waals surface area contributed by atoms with Gasteiger partial charge in [0.1, 0.15) is 0 Å². The molecular formula is C20H20O4S2. The van der Waals surface area contributed by atoms with Crippen LogP contribution in [0.15, 0.2) is 82.6 Å². The second kappa shape index (κ2) is 6.35. The van der Waals surface area contributed by atoms with Gasteiger partial charge in [0.05, 0.1) is 20.3 Å². The summed E-state index contributed by atoms with van der Waals surface area (Å²) >= 11 is 0. The van der Waals surface area contributed by atoms with Gasteiger partial charge in [-0.1, -0.05) is 48.6 Å². The first-order valence-corrected chi connectivity index (χ1v) is 11.8. The van der Waals surface area contributed by atoms with Crippen LogP contribution in [0.1, 0.15) is 12.8 Å². The third-order valence-electron chi connectivity index (χ3n) is 5.47. The standard InChI is InChI=1S/C20H20O4S2/c21-25(22,17-7-3-1-4-8-17)19-15-11-13-16(14-12-15)20(19)26(23,24)18-9-5-2-6-10-18/h1-11,13,15-16,19-20H,12,14H2/t15-,16+,19-,20-/m0/s1. The Bertz CT molecular complexity index is 940. The lowest BCUT2D eigenvalue weighted by Crippen LogP contribution is -2.53. The first-order valence-electron chi connectivity index (χ1n) is 8.68. The van der Waals surface area contributed by atoms with Gasteiger partial charge < -0.3 is 0 Å². The van der Waals surface area contributed by atoms with Crippen LogP contribution in [0.2, 0.25) is 0 Å². The Morgan fingerprint density at radius 2 is 0.923 bits per heavy atom. The van der Waals surface area contributed by atoms with Crippen molar-refractivity contribution in [3.05, 3.63) is 72.8 Å². The predicted molar refractivity (Wildman–Crippen MR) is 100 cm³/mol. The molecule has 4 atom stereocenters. The maximum Gasteiger partial charge on any atom is 0.183 e. The third kappa shape index (κ3) is 2.72. The Morgan fingerprint density at radius 1 is 0.577 bits per heavy atom. The number of allylic oxidation sites excluding steroid dienone is 2. The normalized spacial score (nSPS) is 28.2. The summed E-state index contributed by atoms with van der Waals surface area (Å²) in [5, 5.41) is -1.89. The van der Waals surface area contributed by atoms with Crippen LogP contribution in [-0.2, 0) is 19.7 Å². The average molecular weight is 389 g/mol. The SMILES string of the molecule is O=S(=O)(c1ccccc1)[C@@H]1[C@@H](S(=O)(=O)c2ccccc2)[C@H]2C=C[C@@H]1CC2. The Balaban J connectivity index is 1.86. The second-order valence-electron chi connectivity index (χ2n) is 6.94. The maximum atomic E-state index is 13.4. The minimum atomic E-state index is -3.76. The van der Waals surface area contributed by atoms with Crippen molar-refractivity contribution in [3.63, 3.8) is 0 Å². The van der Waals surface area contributed by atoms with Gasteiger partial charge in [-0.25, -0.2) is 16.8 Å². The van der Waals surface area contributed by atoms with Crippen LogP contribution in [-0.4, -0.2) is 27.3 Å². The van der Waals surface area contributed by atoms with Gasteiger partial charge in [-0.05, 0) is 48.9 Å². The van der Waals surface area contributed by atoms with Gasteiger partial charge in [-0.2, -0.15) is 0 Å². The lowest BCUT2D eigenvalue weighted by Gasteiger charge is -2.43. The Labute approximate surface area is 154 Å². The largest absolute Gasteiger partial charge is 0.223 e. The highest BCUT2D eigenvalue weighted by atomic mass is 32.2. The molecule has 136 valence electrons. The highest BCUT2D eigenvalue weighted by Gasteiger charge is 2.53. The van der Waals surface area contributed by atoms with E-state index in [1.165, 1.54) is 0 Å². The van der Waals surface area contributed by atoms with Crippen LogP contribution in [0.4, 0.5) is 0 Å². The van der Waals surface area contributed by atoms with E-state index in [9.17, 15) is 16.8 Å². The summed E-state index contributed by atoms with van der Waals surface area (Å²) in [7, 11) is -7.53. The Hall–Kier alpha value is -1.92. The molecule has 1 saturated carbocycles. The zero-order valence-electron chi connectivity index (χ0n) is 14.1. The molecule has 0 heterocycles. The van der Waals surface area contributed by atoms with Gasteiger partial charge in [0.25, 0.3) is 0 Å². The molecule has 1 fully saturated rings. The molecule has 0 saturated heterocycles. The number of fused-ring (bicyclic) bond motifs is 2. The highest BCUT2D eigenvalue weighted by molar-refractivity contribution is 7.96. The van der Waals surface area contributed by atoms with Crippen molar-refractivity contribution in [2.24, 2.45) is 11.8 Å². The molecule has 0 amide bonds. The first kappa shape index (κ1) is 17.5. The van der Waals surface area contributed by atoms with Gasteiger partial charge in [0.2, 0.25) is 0 Å². The molecule has 0 radical (unpaired) electrons. The van der Waals surface area contributed by atoms with Crippen molar-refractivity contribution in [1.82, 2.24) is 0 Å². The topological polar surface area (TPSA) is 68.3 Å². The van der Waals surface area contributed by atoms with E-state index >= 15 is 0 Å². The fraction of sp³-hybridized carbons (Fsp3) is 0.300. The van der Waals surface area contributed by atoms with E-state index in [-0.39, 0.29) is 21.6 Å². The quantitative estimate of drug-likeness (QED) is 0.754. The van der Waals surface area contributed by atoms with Gasteiger partial charge in [0, 0.05) is 0 Å². The summed E-state index contributed by atoms with van der Waals surface area (Å²) < 4.78 is 53.5. The zero-order valence-corrected chi connectivity index (χ0v) is 15.7. The minimum absolute atomic E-state index is 0.194. The smallest absolute Gasteiger partial charge is 0.183 e. The average Bonchev–Trinajstić information content (AvgIpc) is 2.69. The summed E-state index contributed by atoms with van der Waals surface area (Å²) in [4.78, 5) is 0.387. The molecule has 5 rings (SSSR count). The molecule has 3 aliphatic carbocycles. The van der Waals surface area contributed by atoms with Crippen molar-refractivity contribution >= 4 is 19.7 Å². The second-order valence-corrected chi connectivity index (χ2v) is 11.1. The molecule has 0 spiro atoms. The van der Waals surface area contributed by atoms with E-state index in [0.29, 0.717) is 12.8 Å². The van der Waals surface area contributed by atoms with Crippen molar-refractivity contribution in [2.45, 2.75) is 33.1 Å². The van der Waals surface area contributed by atoms with Crippen molar-refractivity contribution in [1.29, 1.82) is 0 Å². The van der Waals surface area contributed by atoms with E-state index < -0.39 is 30.2 Å². The summed E-state index contributed by atoms with van der Waals surface area (Å²) in [5.74, 6) is -0.539. The van der Waals surface area contributed by atoms with E-state index in [1.807, 2.05) is 12.2 Å². The summed E-state index contributed by atoms with van der Waals surface area (Å²) in [6, 6.07) is 16.4. The molecular weight excluding hydrogens is 368 g/mol. The van der Waals surface area contributed by atoms with Crippen LogP contribution >= 0.6 is 0 Å². The molecule has 0 N–H and O–H groups in total. The molecule has 2 aromatic rings. The van der Waals surface area contributed by atoms with E-state index in [2.05, 4.69) is 0 Å². The number of hydrogen-bond donors (Lipinski definition) is 0. The first-order chi connectivity index (χ1) is 12.4. The van der Waals surface area contributed by atoms with Gasteiger partial charge in [-0.3, -0.25) is 0 Å².